The molecular weight excluding hydrogens is 413 g/mol. The molecule has 30 heavy (non-hydrogen) atoms. The highest BCUT2D eigenvalue weighted by molar-refractivity contribution is 8.26. The van der Waals surface area contributed by atoms with Crippen molar-refractivity contribution in [3.8, 4) is 0 Å². The molecule has 1 aliphatic rings. The lowest BCUT2D eigenvalue weighted by Gasteiger charge is -2.18. The van der Waals surface area contributed by atoms with Gasteiger partial charge in [0.2, 0.25) is 0 Å². The summed E-state index contributed by atoms with van der Waals surface area (Å²) in [6, 6.07) is 4.70. The summed E-state index contributed by atoms with van der Waals surface area (Å²) in [5.74, 6) is 0.195. The molecule has 1 aromatic heterocycles. The van der Waals surface area contributed by atoms with E-state index in [9.17, 15) is 18.3 Å². The van der Waals surface area contributed by atoms with Crippen molar-refractivity contribution in [2.75, 3.05) is 13.2 Å². The lowest BCUT2D eigenvalue weighted by molar-refractivity contribution is -0.136. The molecule has 1 heterocycles. The largest absolute Gasteiger partial charge is 0.418 e. The van der Waals surface area contributed by atoms with Gasteiger partial charge in [0.15, 0.2) is 5.17 Å². The van der Waals surface area contributed by atoms with E-state index in [-0.39, 0.29) is 33.9 Å². The van der Waals surface area contributed by atoms with Crippen molar-refractivity contribution in [3.05, 3.63) is 40.6 Å². The third-order valence-corrected chi connectivity index (χ3v) is 5.82. The van der Waals surface area contributed by atoms with E-state index in [2.05, 4.69) is 9.98 Å². The van der Waals surface area contributed by atoms with Crippen molar-refractivity contribution in [1.82, 2.24) is 4.98 Å². The van der Waals surface area contributed by atoms with Crippen molar-refractivity contribution < 1.29 is 23.7 Å². The number of aliphatic imine (C=N–C) groups is 1. The molecule has 9 heteroatoms. The number of benzene rings is 1. The lowest BCUT2D eigenvalue weighted by atomic mass is 9.95. The highest BCUT2D eigenvalue weighted by atomic mass is 32.2. The van der Waals surface area contributed by atoms with Crippen LogP contribution in [0.25, 0.3) is 10.9 Å². The van der Waals surface area contributed by atoms with Crippen LogP contribution in [0.1, 0.15) is 55.0 Å². The smallest absolute Gasteiger partial charge is 0.396 e. The number of amidine groups is 1. The molecule has 0 radical (unpaired) electrons. The second-order valence-corrected chi connectivity index (χ2v) is 9.57. The fourth-order valence-electron chi connectivity index (χ4n) is 3.05. The van der Waals surface area contributed by atoms with Crippen LogP contribution in [0.4, 0.5) is 13.2 Å². The summed E-state index contributed by atoms with van der Waals surface area (Å²) < 4.78 is 41.3. The Kier molecular flexibility index (Phi) is 6.15. The Morgan fingerprint density at radius 2 is 1.97 bits per heavy atom. The Labute approximate surface area is 177 Å². The van der Waals surface area contributed by atoms with Crippen molar-refractivity contribution in [1.29, 1.82) is 0 Å². The minimum Gasteiger partial charge on any atom is -0.396 e. The molecule has 0 spiro atoms. The van der Waals surface area contributed by atoms with Crippen molar-refractivity contribution in [3.63, 3.8) is 0 Å². The van der Waals surface area contributed by atoms with Gasteiger partial charge in [0.1, 0.15) is 5.69 Å². The number of hydrogen-bond donors (Lipinski definition) is 3. The number of thioether (sulfide) groups is 1. The molecule has 0 saturated heterocycles. The van der Waals surface area contributed by atoms with Crippen LogP contribution in [0.5, 0.6) is 0 Å². The monoisotopic (exact) mass is 439 g/mol. The van der Waals surface area contributed by atoms with E-state index in [1.807, 2.05) is 19.9 Å². The van der Waals surface area contributed by atoms with Crippen LogP contribution in [0.3, 0.4) is 0 Å². The zero-order chi connectivity index (χ0) is 22.3. The van der Waals surface area contributed by atoms with Gasteiger partial charge in [-0.25, -0.2) is 10.4 Å². The van der Waals surface area contributed by atoms with Crippen LogP contribution >= 0.6 is 11.8 Å². The Morgan fingerprint density at radius 3 is 2.53 bits per heavy atom. The standard InChI is InChI=1S/C21H25F3N4OS/c1-11-6-16(18(25)30-19(26)27-9-20(2,3)10-29)28-17-14(11)7-13(12-4-5-12)8-15(17)21(22,23)24/h6-8,12,25,29H,4-5,9-10H2,1-3H3,(H2,26,27)/p+1. The van der Waals surface area contributed by atoms with Gasteiger partial charge in [-0.1, -0.05) is 13.8 Å². The van der Waals surface area contributed by atoms with Gasteiger partial charge in [0, 0.05) is 35.7 Å². The number of aliphatic hydroxyl groups is 1. The van der Waals surface area contributed by atoms with Gasteiger partial charge in [0.05, 0.1) is 11.1 Å². The summed E-state index contributed by atoms with van der Waals surface area (Å²) in [6.07, 6.45) is -2.69. The van der Waals surface area contributed by atoms with E-state index >= 15 is 0 Å². The van der Waals surface area contributed by atoms with Crippen LogP contribution in [0, 0.1) is 12.3 Å². The summed E-state index contributed by atoms with van der Waals surface area (Å²) >= 11 is 0.949. The van der Waals surface area contributed by atoms with Crippen molar-refractivity contribution in [2.45, 2.75) is 45.7 Å². The molecule has 5 N–H and O–H groups in total. The minimum atomic E-state index is -4.51. The summed E-state index contributed by atoms with van der Waals surface area (Å²) in [4.78, 5) is 8.45. The van der Waals surface area contributed by atoms with Gasteiger partial charge in [-0.05, 0) is 55.0 Å². The Bertz CT molecular complexity index is 1010. The first-order valence-corrected chi connectivity index (χ1v) is 10.5. The number of aryl methyl sites for hydroxylation is 1. The third kappa shape index (κ3) is 5.13. The Balaban J connectivity index is 1.96. The Hall–Kier alpha value is -2.13. The first-order chi connectivity index (χ1) is 13.9. The van der Waals surface area contributed by atoms with Gasteiger partial charge in [0.25, 0.3) is 5.04 Å². The van der Waals surface area contributed by atoms with Crippen molar-refractivity contribution in [2.24, 2.45) is 16.1 Å². The molecule has 3 rings (SSSR count). The maximum Gasteiger partial charge on any atom is 0.418 e. The molecule has 1 saturated carbocycles. The minimum absolute atomic E-state index is 0.0534. The van der Waals surface area contributed by atoms with Crippen LogP contribution in [-0.4, -0.2) is 33.5 Å². The second kappa shape index (κ2) is 8.19. The normalized spacial score (nSPS) is 15.6. The predicted molar refractivity (Wildman–Crippen MR) is 114 cm³/mol. The average Bonchev–Trinajstić information content (AvgIpc) is 3.50. The average molecular weight is 440 g/mol. The molecule has 0 unspecified atom stereocenters. The number of aliphatic hydroxyl groups excluding tert-OH is 1. The van der Waals surface area contributed by atoms with E-state index in [1.54, 1.807) is 13.0 Å². The molecule has 0 bridgehead atoms. The molecule has 2 aromatic rings. The van der Waals surface area contributed by atoms with Gasteiger partial charge in [-0.2, -0.15) is 13.2 Å². The SMILES string of the molecule is Cc1cc(C(=[NH2+])SC(N)=NCC(C)(C)CO)nc2c(C(F)(F)F)cc(C3CC3)cc12. The van der Waals surface area contributed by atoms with Gasteiger partial charge < -0.3 is 10.8 Å². The first kappa shape index (κ1) is 22.6. The molecule has 1 fully saturated rings. The quantitative estimate of drug-likeness (QED) is 0.493. The highest BCUT2D eigenvalue weighted by Gasteiger charge is 2.36. The van der Waals surface area contributed by atoms with Gasteiger partial charge >= 0.3 is 6.18 Å². The van der Waals surface area contributed by atoms with Crippen LogP contribution in [-0.2, 0) is 6.18 Å². The van der Waals surface area contributed by atoms with E-state index in [0.29, 0.717) is 23.1 Å². The predicted octanol–water partition coefficient (Wildman–Crippen LogP) is 3.01. The molecule has 0 atom stereocenters. The zero-order valence-electron chi connectivity index (χ0n) is 17.2. The summed E-state index contributed by atoms with van der Waals surface area (Å²) in [7, 11) is 0. The molecule has 5 nitrogen and oxygen atoms in total. The van der Waals surface area contributed by atoms with Gasteiger partial charge in [-0.3, -0.25) is 4.99 Å². The summed E-state index contributed by atoms with van der Waals surface area (Å²) in [6.45, 7) is 5.67. The van der Waals surface area contributed by atoms with E-state index in [0.717, 1.165) is 24.6 Å². The molecule has 162 valence electrons. The number of rotatable bonds is 5. The molecule has 1 aromatic carbocycles. The zero-order valence-corrected chi connectivity index (χ0v) is 18.0. The molecular formula is C21H26F3N4OS+. The maximum absolute atomic E-state index is 13.8. The highest BCUT2D eigenvalue weighted by Crippen LogP contribution is 2.44. The molecule has 0 aliphatic heterocycles. The number of alkyl halides is 3. The number of nitrogens with two attached hydrogens (primary N) is 2. The van der Waals surface area contributed by atoms with Gasteiger partial charge in [-0.15, -0.1) is 0 Å². The number of nitrogens with zero attached hydrogens (tertiary/aromatic N) is 2. The number of halogens is 3. The van der Waals surface area contributed by atoms with E-state index in [1.165, 1.54) is 6.07 Å². The fourth-order valence-corrected chi connectivity index (χ4v) is 3.61. The Morgan fingerprint density at radius 1 is 1.30 bits per heavy atom. The summed E-state index contributed by atoms with van der Waals surface area (Å²) in [5.41, 5.74) is 6.24. The van der Waals surface area contributed by atoms with Crippen LogP contribution in [0.15, 0.2) is 23.2 Å². The topological polar surface area (TPSA) is 97.1 Å². The maximum atomic E-state index is 13.8. The first-order valence-electron chi connectivity index (χ1n) is 9.65. The number of aromatic nitrogens is 1. The van der Waals surface area contributed by atoms with Crippen molar-refractivity contribution >= 4 is 32.9 Å². The molecule has 1 aliphatic carbocycles. The fraction of sp³-hybridized carbons (Fsp3) is 0.476. The summed E-state index contributed by atoms with van der Waals surface area (Å²) in [5, 5.41) is 16.2. The molecule has 0 amide bonds. The number of fused-ring (bicyclic) bond motifs is 1. The number of hydrogen-bond acceptors (Lipinski definition) is 4. The third-order valence-electron chi connectivity index (χ3n) is 5.05. The van der Waals surface area contributed by atoms with Crippen LogP contribution in [0.2, 0.25) is 0 Å². The van der Waals surface area contributed by atoms with Crippen LogP contribution < -0.4 is 11.1 Å². The second-order valence-electron chi connectivity index (χ2n) is 8.50. The van der Waals surface area contributed by atoms with E-state index < -0.39 is 17.2 Å². The lowest BCUT2D eigenvalue weighted by Crippen LogP contribution is -2.40. The number of pyridine rings is 1. The van der Waals surface area contributed by atoms with E-state index in [4.69, 9.17) is 11.1 Å².